The lowest BCUT2D eigenvalue weighted by Crippen LogP contribution is -2.42. The Morgan fingerprint density at radius 3 is 2.57 bits per heavy atom. The normalized spacial score (nSPS) is 12.6. The van der Waals surface area contributed by atoms with Gasteiger partial charge in [0.25, 0.3) is 0 Å². The molecule has 0 saturated carbocycles. The highest BCUT2D eigenvalue weighted by atomic mass is 32.1. The molecular formula is C9H21N3OS. The van der Waals surface area contributed by atoms with Gasteiger partial charge in [-0.2, -0.15) is 0 Å². The molecule has 1 atom stereocenters. The maximum absolute atomic E-state index is 9.50. The smallest absolute Gasteiger partial charge is 0.166 e. The van der Waals surface area contributed by atoms with E-state index in [1.165, 1.54) is 0 Å². The maximum atomic E-state index is 9.50. The summed E-state index contributed by atoms with van der Waals surface area (Å²) >= 11 is 5.00. The number of likely N-dealkylation sites (N-methyl/N-ethyl adjacent to an activating group) is 1. The third-order valence-corrected chi connectivity index (χ3v) is 1.90. The number of hydrogen-bond acceptors (Lipinski definition) is 3. The van der Waals surface area contributed by atoms with Crippen molar-refractivity contribution in [2.75, 3.05) is 33.7 Å². The van der Waals surface area contributed by atoms with E-state index in [2.05, 4.69) is 17.6 Å². The molecule has 0 aliphatic carbocycles. The van der Waals surface area contributed by atoms with Crippen LogP contribution in [-0.2, 0) is 0 Å². The van der Waals surface area contributed by atoms with E-state index in [0.717, 1.165) is 13.0 Å². The van der Waals surface area contributed by atoms with Gasteiger partial charge in [0.15, 0.2) is 5.11 Å². The number of aliphatic hydroxyl groups excluding tert-OH is 1. The van der Waals surface area contributed by atoms with Gasteiger partial charge in [0, 0.05) is 19.6 Å². The summed E-state index contributed by atoms with van der Waals surface area (Å²) in [5.41, 5.74) is 0. The van der Waals surface area contributed by atoms with Gasteiger partial charge >= 0.3 is 0 Å². The zero-order valence-electron chi connectivity index (χ0n) is 9.21. The Labute approximate surface area is 91.7 Å². The summed E-state index contributed by atoms with van der Waals surface area (Å²) in [5.74, 6) is 0. The van der Waals surface area contributed by atoms with E-state index in [-0.39, 0.29) is 6.10 Å². The first-order valence-electron chi connectivity index (χ1n) is 4.90. The molecule has 0 aromatic carbocycles. The summed E-state index contributed by atoms with van der Waals surface area (Å²) in [4.78, 5) is 1.94. The van der Waals surface area contributed by atoms with Crippen LogP contribution in [0.1, 0.15) is 13.3 Å². The average Bonchev–Trinajstić information content (AvgIpc) is 2.10. The van der Waals surface area contributed by atoms with E-state index >= 15 is 0 Å². The number of rotatable bonds is 6. The van der Waals surface area contributed by atoms with E-state index in [4.69, 9.17) is 12.2 Å². The molecule has 4 nitrogen and oxygen atoms in total. The fraction of sp³-hybridized carbons (Fsp3) is 0.889. The Morgan fingerprint density at radius 1 is 1.43 bits per heavy atom. The molecule has 0 aliphatic rings. The highest BCUT2D eigenvalue weighted by Gasteiger charge is 2.05. The first kappa shape index (κ1) is 13.6. The zero-order chi connectivity index (χ0) is 11.0. The molecular weight excluding hydrogens is 198 g/mol. The summed E-state index contributed by atoms with van der Waals surface area (Å²) in [6, 6.07) is 0. The van der Waals surface area contributed by atoms with Crippen molar-refractivity contribution in [1.82, 2.24) is 15.5 Å². The van der Waals surface area contributed by atoms with Crippen molar-refractivity contribution in [3.05, 3.63) is 0 Å². The second kappa shape index (κ2) is 7.96. The van der Waals surface area contributed by atoms with Gasteiger partial charge in [-0.25, -0.2) is 0 Å². The highest BCUT2D eigenvalue weighted by molar-refractivity contribution is 7.80. The molecule has 3 N–H and O–H groups in total. The molecule has 0 saturated heterocycles. The first-order valence-corrected chi connectivity index (χ1v) is 5.31. The molecule has 0 amide bonds. The molecule has 14 heavy (non-hydrogen) atoms. The van der Waals surface area contributed by atoms with E-state index in [1.54, 1.807) is 0 Å². The summed E-state index contributed by atoms with van der Waals surface area (Å²) in [5, 5.41) is 16.1. The summed E-state index contributed by atoms with van der Waals surface area (Å²) in [6.07, 6.45) is 0.661. The number of nitrogens with one attached hydrogen (secondary N) is 2. The van der Waals surface area contributed by atoms with Crippen molar-refractivity contribution in [3.63, 3.8) is 0 Å². The highest BCUT2D eigenvalue weighted by Crippen LogP contribution is 1.84. The molecule has 0 fully saturated rings. The minimum absolute atomic E-state index is 0.383. The van der Waals surface area contributed by atoms with E-state index < -0.39 is 0 Å². The molecule has 0 unspecified atom stereocenters. The summed E-state index contributed by atoms with van der Waals surface area (Å²) in [6.45, 7) is 4.09. The lowest BCUT2D eigenvalue weighted by atomic mass is 10.3. The van der Waals surface area contributed by atoms with Crippen molar-refractivity contribution in [2.45, 2.75) is 19.4 Å². The van der Waals surface area contributed by atoms with Crippen molar-refractivity contribution < 1.29 is 5.11 Å². The topological polar surface area (TPSA) is 47.5 Å². The van der Waals surface area contributed by atoms with E-state index in [0.29, 0.717) is 18.2 Å². The number of nitrogens with zero attached hydrogens (tertiary/aromatic N) is 1. The van der Waals surface area contributed by atoms with Gasteiger partial charge in [-0.05, 0) is 32.7 Å². The molecule has 0 heterocycles. The Hall–Kier alpha value is -0.390. The van der Waals surface area contributed by atoms with Gasteiger partial charge in [-0.15, -0.1) is 0 Å². The first-order chi connectivity index (χ1) is 6.56. The monoisotopic (exact) mass is 219 g/mol. The van der Waals surface area contributed by atoms with Crippen LogP contribution in [0.3, 0.4) is 0 Å². The quantitative estimate of drug-likeness (QED) is 0.539. The molecule has 0 aromatic rings. The van der Waals surface area contributed by atoms with Crippen LogP contribution in [0.4, 0.5) is 0 Å². The minimum Gasteiger partial charge on any atom is -0.390 e. The number of thiocarbonyl (C=S) groups is 1. The predicted molar refractivity (Wildman–Crippen MR) is 63.5 cm³/mol. The molecule has 0 radical (unpaired) electrons. The summed E-state index contributed by atoms with van der Waals surface area (Å²) < 4.78 is 0. The van der Waals surface area contributed by atoms with Crippen LogP contribution in [0.5, 0.6) is 0 Å². The predicted octanol–water partition coefficient (Wildman–Crippen LogP) is -0.217. The molecule has 0 spiro atoms. The number of aliphatic hydroxyl groups is 1. The van der Waals surface area contributed by atoms with Crippen LogP contribution in [0, 0.1) is 0 Å². The fourth-order valence-electron chi connectivity index (χ4n) is 0.998. The number of hydrogen-bond donors (Lipinski definition) is 3. The van der Waals surface area contributed by atoms with Crippen LogP contribution < -0.4 is 10.6 Å². The largest absolute Gasteiger partial charge is 0.390 e. The average molecular weight is 219 g/mol. The second-order valence-corrected chi connectivity index (χ2v) is 3.96. The third-order valence-electron chi connectivity index (χ3n) is 1.61. The Morgan fingerprint density at radius 2 is 2.07 bits per heavy atom. The minimum atomic E-state index is -0.383. The van der Waals surface area contributed by atoms with Crippen molar-refractivity contribution in [2.24, 2.45) is 0 Å². The van der Waals surface area contributed by atoms with Gasteiger partial charge in [-0.1, -0.05) is 6.92 Å². The Balaban J connectivity index is 3.45. The second-order valence-electron chi connectivity index (χ2n) is 3.55. The van der Waals surface area contributed by atoms with Crippen LogP contribution in [0.15, 0.2) is 0 Å². The van der Waals surface area contributed by atoms with Gasteiger partial charge in [0.2, 0.25) is 0 Å². The lowest BCUT2D eigenvalue weighted by molar-refractivity contribution is 0.139. The zero-order valence-corrected chi connectivity index (χ0v) is 10.0. The van der Waals surface area contributed by atoms with Crippen LogP contribution >= 0.6 is 12.2 Å². The van der Waals surface area contributed by atoms with Crippen molar-refractivity contribution in [1.29, 1.82) is 0 Å². The maximum Gasteiger partial charge on any atom is 0.166 e. The Bertz CT molecular complexity index is 164. The molecule has 0 rings (SSSR count). The molecule has 0 aromatic heterocycles. The molecule has 0 bridgehead atoms. The van der Waals surface area contributed by atoms with Crippen molar-refractivity contribution in [3.8, 4) is 0 Å². The van der Waals surface area contributed by atoms with Crippen LogP contribution in [0.2, 0.25) is 0 Å². The van der Waals surface area contributed by atoms with E-state index in [1.807, 2.05) is 19.0 Å². The summed E-state index contributed by atoms with van der Waals surface area (Å²) in [7, 11) is 3.85. The van der Waals surface area contributed by atoms with Gasteiger partial charge in [-0.3, -0.25) is 0 Å². The Kier molecular flexibility index (Phi) is 7.74. The molecule has 5 heteroatoms. The lowest BCUT2D eigenvalue weighted by Gasteiger charge is -2.17. The molecule has 84 valence electrons. The fourth-order valence-corrected chi connectivity index (χ4v) is 1.18. The third kappa shape index (κ3) is 8.22. The standard InChI is InChI=1S/C9H21N3OS/c1-4-5-10-9(14)11-6-8(13)7-12(2)3/h8,13H,4-7H2,1-3H3,(H2,10,11,14)/t8-/m0/s1. The SMILES string of the molecule is CCCNC(=S)NC[C@H](O)CN(C)C. The van der Waals surface area contributed by atoms with Crippen molar-refractivity contribution >= 4 is 17.3 Å². The van der Waals surface area contributed by atoms with Gasteiger partial charge < -0.3 is 20.6 Å². The van der Waals surface area contributed by atoms with E-state index in [9.17, 15) is 5.11 Å². The van der Waals surface area contributed by atoms with Crippen LogP contribution in [-0.4, -0.2) is 55.0 Å². The van der Waals surface area contributed by atoms with Crippen LogP contribution in [0.25, 0.3) is 0 Å². The molecule has 0 aliphatic heterocycles. The van der Waals surface area contributed by atoms with Gasteiger partial charge in [0.1, 0.15) is 0 Å². The van der Waals surface area contributed by atoms with Gasteiger partial charge in [0.05, 0.1) is 6.10 Å².